The molecular formula is C10H10N2O4S2. The zero-order valence-corrected chi connectivity index (χ0v) is 11.0. The molecule has 0 amide bonds. The molecule has 0 unspecified atom stereocenters. The molecule has 2 aromatic heterocycles. The number of sulfonamides is 1. The molecule has 8 heteroatoms. The van der Waals surface area contributed by atoms with Gasteiger partial charge in [-0.1, -0.05) is 0 Å². The van der Waals surface area contributed by atoms with Crippen LogP contribution in [0.3, 0.4) is 0 Å². The van der Waals surface area contributed by atoms with Gasteiger partial charge >= 0.3 is 0 Å². The second-order valence-electron chi connectivity index (χ2n) is 3.46. The highest BCUT2D eigenvalue weighted by molar-refractivity contribution is 7.89. The third kappa shape index (κ3) is 2.84. The van der Waals surface area contributed by atoms with Crippen LogP contribution in [0.5, 0.6) is 0 Å². The predicted octanol–water partition coefficient (Wildman–Crippen LogP) is 1.34. The molecule has 2 heterocycles. The molecule has 0 saturated heterocycles. The number of carbonyl (C=O) groups excluding carboxylic acids is 1. The minimum Gasteiger partial charge on any atom is -0.440 e. The van der Waals surface area contributed by atoms with Gasteiger partial charge in [0.25, 0.3) is 10.0 Å². The van der Waals surface area contributed by atoms with Gasteiger partial charge in [-0.2, -0.15) is 0 Å². The molecule has 0 aromatic carbocycles. The molecule has 0 atom stereocenters. The third-order valence-electron chi connectivity index (χ3n) is 2.07. The molecule has 0 aliphatic rings. The Balaban J connectivity index is 2.09. The van der Waals surface area contributed by atoms with E-state index in [0.29, 0.717) is 11.3 Å². The van der Waals surface area contributed by atoms with E-state index in [4.69, 9.17) is 4.42 Å². The minimum absolute atomic E-state index is 0.0273. The number of hydrogen-bond donors (Lipinski definition) is 1. The summed E-state index contributed by atoms with van der Waals surface area (Å²) in [4.78, 5) is 15.5. The molecule has 2 rings (SSSR count). The van der Waals surface area contributed by atoms with Gasteiger partial charge in [-0.3, -0.25) is 4.79 Å². The van der Waals surface area contributed by atoms with E-state index in [2.05, 4.69) is 9.71 Å². The van der Waals surface area contributed by atoms with Gasteiger partial charge in [0.15, 0.2) is 12.0 Å². The normalized spacial score (nSPS) is 11.6. The number of aldehydes is 1. The van der Waals surface area contributed by atoms with E-state index in [1.807, 2.05) is 6.92 Å². The lowest BCUT2D eigenvalue weighted by atomic mass is 10.5. The maximum absolute atomic E-state index is 11.8. The summed E-state index contributed by atoms with van der Waals surface area (Å²) in [5.41, 5.74) is 0. The highest BCUT2D eigenvalue weighted by Gasteiger charge is 2.18. The predicted molar refractivity (Wildman–Crippen MR) is 65.0 cm³/mol. The van der Waals surface area contributed by atoms with Crippen molar-refractivity contribution in [2.75, 3.05) is 0 Å². The number of furan rings is 1. The van der Waals surface area contributed by atoms with E-state index in [1.165, 1.54) is 23.5 Å². The lowest BCUT2D eigenvalue weighted by Crippen LogP contribution is -2.22. The number of nitrogens with one attached hydrogen (secondary N) is 1. The van der Waals surface area contributed by atoms with Crippen LogP contribution in [0.25, 0.3) is 0 Å². The second-order valence-corrected chi connectivity index (χ2v) is 6.48. The summed E-state index contributed by atoms with van der Waals surface area (Å²) in [6, 6.07) is 2.54. The summed E-state index contributed by atoms with van der Waals surface area (Å²) in [5.74, 6) is -0.0273. The molecule has 18 heavy (non-hydrogen) atoms. The molecule has 96 valence electrons. The Morgan fingerprint density at radius 3 is 2.83 bits per heavy atom. The van der Waals surface area contributed by atoms with Crippen LogP contribution in [0.1, 0.15) is 20.4 Å². The molecule has 0 fully saturated rings. The third-order valence-corrected chi connectivity index (χ3v) is 4.25. The van der Waals surface area contributed by atoms with E-state index in [9.17, 15) is 13.2 Å². The molecule has 0 aliphatic heterocycles. The van der Waals surface area contributed by atoms with Crippen molar-refractivity contribution in [3.05, 3.63) is 34.0 Å². The van der Waals surface area contributed by atoms with Crippen LogP contribution < -0.4 is 4.72 Å². The first-order valence-corrected chi connectivity index (χ1v) is 7.27. The topological polar surface area (TPSA) is 89.3 Å². The van der Waals surface area contributed by atoms with Gasteiger partial charge in [-0.15, -0.1) is 11.3 Å². The van der Waals surface area contributed by atoms with Gasteiger partial charge < -0.3 is 4.42 Å². The van der Waals surface area contributed by atoms with Crippen LogP contribution >= 0.6 is 11.3 Å². The van der Waals surface area contributed by atoms with Crippen LogP contribution in [0.2, 0.25) is 0 Å². The van der Waals surface area contributed by atoms with Crippen LogP contribution in [0, 0.1) is 6.92 Å². The summed E-state index contributed by atoms with van der Waals surface area (Å²) >= 11 is 1.41. The molecular weight excluding hydrogens is 276 g/mol. The summed E-state index contributed by atoms with van der Waals surface area (Å²) in [6.45, 7) is 1.98. The van der Waals surface area contributed by atoms with Crippen LogP contribution in [-0.4, -0.2) is 19.7 Å². The van der Waals surface area contributed by atoms with Crippen molar-refractivity contribution in [2.45, 2.75) is 18.6 Å². The quantitative estimate of drug-likeness (QED) is 0.838. The maximum Gasteiger partial charge on any atom is 0.274 e. The van der Waals surface area contributed by atoms with Crippen molar-refractivity contribution in [1.82, 2.24) is 9.71 Å². The van der Waals surface area contributed by atoms with Crippen molar-refractivity contribution in [1.29, 1.82) is 0 Å². The van der Waals surface area contributed by atoms with E-state index in [0.717, 1.165) is 4.88 Å². The van der Waals surface area contributed by atoms with Crippen molar-refractivity contribution >= 4 is 27.6 Å². The van der Waals surface area contributed by atoms with Crippen molar-refractivity contribution in [2.24, 2.45) is 0 Å². The van der Waals surface area contributed by atoms with E-state index < -0.39 is 10.0 Å². The van der Waals surface area contributed by atoms with Gasteiger partial charge in [0.1, 0.15) is 5.01 Å². The summed E-state index contributed by atoms with van der Waals surface area (Å²) < 4.78 is 30.8. The number of aromatic nitrogens is 1. The highest BCUT2D eigenvalue weighted by Crippen LogP contribution is 2.15. The Kier molecular flexibility index (Phi) is 3.60. The number of thiazole rings is 1. The van der Waals surface area contributed by atoms with Gasteiger partial charge in [0, 0.05) is 11.1 Å². The summed E-state index contributed by atoms with van der Waals surface area (Å²) in [5, 5.41) is 0.385. The molecule has 0 bridgehead atoms. The van der Waals surface area contributed by atoms with Gasteiger partial charge in [0.05, 0.1) is 6.54 Å². The van der Waals surface area contributed by atoms with Crippen molar-refractivity contribution in [3.63, 3.8) is 0 Å². The van der Waals surface area contributed by atoms with Crippen LogP contribution in [0.15, 0.2) is 27.8 Å². The number of aryl methyl sites for hydroxylation is 1. The average Bonchev–Trinajstić information content (AvgIpc) is 2.95. The average molecular weight is 286 g/mol. The van der Waals surface area contributed by atoms with E-state index in [1.54, 1.807) is 6.20 Å². The largest absolute Gasteiger partial charge is 0.440 e. The molecule has 1 N–H and O–H groups in total. The maximum atomic E-state index is 11.8. The lowest BCUT2D eigenvalue weighted by molar-refractivity contribution is 0.109. The Hall–Kier alpha value is -1.51. The molecule has 2 aromatic rings. The molecule has 6 nitrogen and oxygen atoms in total. The molecule has 0 spiro atoms. The Bertz CT molecular complexity index is 657. The van der Waals surface area contributed by atoms with Crippen LogP contribution in [0.4, 0.5) is 0 Å². The standard InChI is InChI=1S/C10H10N2O4S2/c1-7-4-11-9(17-7)5-12-18(14,15)10-3-2-8(6-13)16-10/h2-4,6,12H,5H2,1H3. The van der Waals surface area contributed by atoms with Gasteiger partial charge in [-0.25, -0.2) is 18.1 Å². The van der Waals surface area contributed by atoms with E-state index >= 15 is 0 Å². The van der Waals surface area contributed by atoms with E-state index in [-0.39, 0.29) is 17.4 Å². The zero-order chi connectivity index (χ0) is 13.2. The Morgan fingerprint density at radius 2 is 2.28 bits per heavy atom. The van der Waals surface area contributed by atoms with Crippen molar-refractivity contribution < 1.29 is 17.6 Å². The minimum atomic E-state index is -3.75. The number of hydrogen-bond acceptors (Lipinski definition) is 6. The summed E-state index contributed by atoms with van der Waals surface area (Å²) in [7, 11) is -3.75. The lowest BCUT2D eigenvalue weighted by Gasteiger charge is -2.01. The number of rotatable bonds is 5. The first-order valence-electron chi connectivity index (χ1n) is 4.97. The van der Waals surface area contributed by atoms with Crippen molar-refractivity contribution in [3.8, 4) is 0 Å². The first kappa shape index (κ1) is 12.9. The fourth-order valence-electron chi connectivity index (χ4n) is 1.25. The Labute approximate surface area is 108 Å². The number of carbonyl (C=O) groups is 1. The van der Waals surface area contributed by atoms with Crippen LogP contribution in [-0.2, 0) is 16.6 Å². The molecule has 0 saturated carbocycles. The second kappa shape index (κ2) is 5.01. The fraction of sp³-hybridized carbons (Fsp3) is 0.200. The SMILES string of the molecule is Cc1cnc(CNS(=O)(=O)c2ccc(C=O)o2)s1. The first-order chi connectivity index (χ1) is 8.51. The number of nitrogens with zero attached hydrogens (tertiary/aromatic N) is 1. The monoisotopic (exact) mass is 286 g/mol. The summed E-state index contributed by atoms with van der Waals surface area (Å²) in [6.07, 6.45) is 2.12. The Morgan fingerprint density at radius 1 is 1.50 bits per heavy atom. The van der Waals surface area contributed by atoms with Gasteiger partial charge in [-0.05, 0) is 19.1 Å². The molecule has 0 aliphatic carbocycles. The zero-order valence-electron chi connectivity index (χ0n) is 9.41. The molecule has 0 radical (unpaired) electrons. The smallest absolute Gasteiger partial charge is 0.274 e. The fourth-order valence-corrected chi connectivity index (χ4v) is 2.99. The highest BCUT2D eigenvalue weighted by atomic mass is 32.2. The van der Waals surface area contributed by atoms with Gasteiger partial charge in [0.2, 0.25) is 5.09 Å².